The van der Waals surface area contributed by atoms with E-state index in [1.54, 1.807) is 6.20 Å². The largest absolute Gasteiger partial charge is 0.386 e. The Labute approximate surface area is 127 Å². The summed E-state index contributed by atoms with van der Waals surface area (Å²) in [6.45, 7) is 0. The van der Waals surface area contributed by atoms with Crippen LogP contribution in [0.15, 0.2) is 45.5 Å². The van der Waals surface area contributed by atoms with Gasteiger partial charge in [0.25, 0.3) is 0 Å². The number of nitrogens with zero attached hydrogens (tertiary/aromatic N) is 1. The summed E-state index contributed by atoms with van der Waals surface area (Å²) in [4.78, 5) is 4.22. The van der Waals surface area contributed by atoms with Gasteiger partial charge in [0.2, 0.25) is 0 Å². The van der Waals surface area contributed by atoms with Gasteiger partial charge in [-0.3, -0.25) is 4.98 Å². The van der Waals surface area contributed by atoms with E-state index >= 15 is 0 Å². The van der Waals surface area contributed by atoms with E-state index < -0.39 is 6.10 Å². The van der Waals surface area contributed by atoms with Crippen LogP contribution in [0.25, 0.3) is 0 Å². The SMILES string of the molecule is OC(Cc1cccc(Cl)c1)c1ncc(Br)cc1Br. The van der Waals surface area contributed by atoms with Crippen LogP contribution in [0.1, 0.15) is 17.4 Å². The van der Waals surface area contributed by atoms with Crippen molar-refractivity contribution in [3.05, 3.63) is 61.8 Å². The molecule has 1 N–H and O–H groups in total. The second-order valence-electron chi connectivity index (χ2n) is 3.87. The molecule has 1 heterocycles. The van der Waals surface area contributed by atoms with Crippen molar-refractivity contribution in [3.63, 3.8) is 0 Å². The second kappa shape index (κ2) is 6.15. The molecule has 1 aromatic carbocycles. The van der Waals surface area contributed by atoms with Gasteiger partial charge in [0.05, 0.1) is 5.69 Å². The van der Waals surface area contributed by atoms with Crippen molar-refractivity contribution in [2.75, 3.05) is 0 Å². The maximum Gasteiger partial charge on any atom is 0.101 e. The van der Waals surface area contributed by atoms with Crippen molar-refractivity contribution in [3.8, 4) is 0 Å². The number of aliphatic hydroxyl groups is 1. The Morgan fingerprint density at radius 3 is 2.72 bits per heavy atom. The molecule has 2 aromatic rings. The lowest BCUT2D eigenvalue weighted by Gasteiger charge is -2.12. The molecule has 1 atom stereocenters. The number of rotatable bonds is 3. The molecule has 2 nitrogen and oxygen atoms in total. The zero-order valence-corrected chi connectivity index (χ0v) is 13.2. The number of halogens is 3. The van der Waals surface area contributed by atoms with Crippen molar-refractivity contribution in [2.24, 2.45) is 0 Å². The van der Waals surface area contributed by atoms with Crippen LogP contribution >= 0.6 is 43.5 Å². The van der Waals surface area contributed by atoms with E-state index in [4.69, 9.17) is 11.6 Å². The minimum absolute atomic E-state index is 0.480. The molecule has 94 valence electrons. The van der Waals surface area contributed by atoms with Crippen molar-refractivity contribution in [1.82, 2.24) is 4.98 Å². The monoisotopic (exact) mass is 389 g/mol. The Balaban J connectivity index is 2.19. The number of aromatic nitrogens is 1. The summed E-state index contributed by atoms with van der Waals surface area (Å²) in [5, 5.41) is 10.9. The predicted octanol–water partition coefficient (Wildman–Crippen LogP) is 4.54. The fourth-order valence-electron chi connectivity index (χ4n) is 1.65. The maximum atomic E-state index is 10.2. The second-order valence-corrected chi connectivity index (χ2v) is 6.08. The van der Waals surface area contributed by atoms with Gasteiger partial charge < -0.3 is 5.11 Å². The average molecular weight is 391 g/mol. The van der Waals surface area contributed by atoms with E-state index in [0.29, 0.717) is 17.1 Å². The van der Waals surface area contributed by atoms with E-state index in [1.807, 2.05) is 30.3 Å². The third-order valence-corrected chi connectivity index (χ3v) is 3.77. The highest BCUT2D eigenvalue weighted by Crippen LogP contribution is 2.27. The molecule has 1 unspecified atom stereocenters. The number of pyridine rings is 1. The normalized spacial score (nSPS) is 12.4. The smallest absolute Gasteiger partial charge is 0.101 e. The van der Waals surface area contributed by atoms with E-state index in [-0.39, 0.29) is 0 Å². The van der Waals surface area contributed by atoms with Gasteiger partial charge in [0.15, 0.2) is 0 Å². The quantitative estimate of drug-likeness (QED) is 0.834. The predicted molar refractivity (Wildman–Crippen MR) is 79.8 cm³/mol. The number of benzene rings is 1. The number of hydrogen-bond donors (Lipinski definition) is 1. The van der Waals surface area contributed by atoms with E-state index in [9.17, 15) is 5.11 Å². The molecule has 0 bridgehead atoms. The molecule has 0 aliphatic carbocycles. The Morgan fingerprint density at radius 2 is 2.06 bits per heavy atom. The van der Waals surface area contributed by atoms with Gasteiger partial charge in [-0.15, -0.1) is 0 Å². The molecule has 0 radical (unpaired) electrons. The summed E-state index contributed by atoms with van der Waals surface area (Å²) in [7, 11) is 0. The highest BCUT2D eigenvalue weighted by atomic mass is 79.9. The van der Waals surface area contributed by atoms with Crippen LogP contribution in [0.4, 0.5) is 0 Å². The molecular weight excluding hydrogens is 381 g/mol. The molecule has 0 aliphatic heterocycles. The van der Waals surface area contributed by atoms with E-state index in [0.717, 1.165) is 14.5 Å². The minimum Gasteiger partial charge on any atom is -0.386 e. The zero-order valence-electron chi connectivity index (χ0n) is 9.28. The Hall–Kier alpha value is -0.420. The van der Waals surface area contributed by atoms with Crippen LogP contribution in [0.5, 0.6) is 0 Å². The van der Waals surface area contributed by atoms with Gasteiger partial charge in [-0.05, 0) is 55.6 Å². The standard InChI is InChI=1S/C13H10Br2ClNO/c14-9-6-11(15)13(17-7-9)12(18)5-8-2-1-3-10(16)4-8/h1-4,6-7,12,18H,5H2. The first-order valence-corrected chi connectivity index (χ1v) is 7.26. The minimum atomic E-state index is -0.661. The van der Waals surface area contributed by atoms with Crippen LogP contribution in [0.3, 0.4) is 0 Å². The number of aliphatic hydroxyl groups excluding tert-OH is 1. The number of hydrogen-bond acceptors (Lipinski definition) is 2. The van der Waals surface area contributed by atoms with Gasteiger partial charge in [0.1, 0.15) is 6.10 Å². The maximum absolute atomic E-state index is 10.2. The highest BCUT2D eigenvalue weighted by Gasteiger charge is 2.14. The van der Waals surface area contributed by atoms with Gasteiger partial charge in [-0.25, -0.2) is 0 Å². The van der Waals surface area contributed by atoms with Crippen molar-refractivity contribution < 1.29 is 5.11 Å². The van der Waals surface area contributed by atoms with Gasteiger partial charge >= 0.3 is 0 Å². The highest BCUT2D eigenvalue weighted by molar-refractivity contribution is 9.11. The van der Waals surface area contributed by atoms with Crippen molar-refractivity contribution >= 4 is 43.5 Å². The van der Waals surface area contributed by atoms with Crippen LogP contribution in [-0.4, -0.2) is 10.1 Å². The Morgan fingerprint density at radius 1 is 1.28 bits per heavy atom. The molecule has 0 amide bonds. The van der Waals surface area contributed by atoms with Gasteiger partial charge in [-0.1, -0.05) is 23.7 Å². The van der Waals surface area contributed by atoms with Crippen LogP contribution in [0.2, 0.25) is 5.02 Å². The first-order chi connectivity index (χ1) is 8.56. The molecule has 0 saturated heterocycles. The fraction of sp³-hybridized carbons (Fsp3) is 0.154. The fourth-order valence-corrected chi connectivity index (χ4v) is 3.12. The van der Waals surface area contributed by atoms with E-state index in [2.05, 4.69) is 36.8 Å². The van der Waals surface area contributed by atoms with Gasteiger partial charge in [0, 0.05) is 26.6 Å². The lowest BCUT2D eigenvalue weighted by atomic mass is 10.1. The molecular formula is C13H10Br2ClNO. The molecule has 2 rings (SSSR count). The summed E-state index contributed by atoms with van der Waals surface area (Å²) in [5.74, 6) is 0. The summed E-state index contributed by atoms with van der Waals surface area (Å²) in [5.41, 5.74) is 1.60. The third-order valence-electron chi connectivity index (χ3n) is 2.47. The molecule has 1 aromatic heterocycles. The topological polar surface area (TPSA) is 33.1 Å². The molecule has 18 heavy (non-hydrogen) atoms. The van der Waals surface area contributed by atoms with Crippen molar-refractivity contribution in [2.45, 2.75) is 12.5 Å². The molecule has 0 fully saturated rings. The summed E-state index contributed by atoms with van der Waals surface area (Å²) >= 11 is 12.6. The molecule has 0 spiro atoms. The average Bonchev–Trinajstić information content (AvgIpc) is 2.28. The van der Waals surface area contributed by atoms with Crippen LogP contribution in [-0.2, 0) is 6.42 Å². The lowest BCUT2D eigenvalue weighted by Crippen LogP contribution is -2.05. The van der Waals surface area contributed by atoms with Crippen molar-refractivity contribution in [1.29, 1.82) is 0 Å². The first-order valence-electron chi connectivity index (χ1n) is 5.29. The Kier molecular flexibility index (Phi) is 4.78. The van der Waals surface area contributed by atoms with E-state index in [1.165, 1.54) is 0 Å². The van der Waals surface area contributed by atoms with Crippen LogP contribution < -0.4 is 0 Å². The molecule has 0 aliphatic rings. The lowest BCUT2D eigenvalue weighted by molar-refractivity contribution is 0.172. The third kappa shape index (κ3) is 3.54. The molecule has 0 saturated carbocycles. The van der Waals surface area contributed by atoms with Crippen LogP contribution in [0, 0.1) is 0 Å². The summed E-state index contributed by atoms with van der Waals surface area (Å²) in [6, 6.07) is 9.32. The zero-order chi connectivity index (χ0) is 13.1. The Bertz CT molecular complexity index is 562. The summed E-state index contributed by atoms with van der Waals surface area (Å²) < 4.78 is 1.65. The molecule has 5 heteroatoms. The van der Waals surface area contributed by atoms with Gasteiger partial charge in [-0.2, -0.15) is 0 Å². The summed E-state index contributed by atoms with van der Waals surface area (Å²) in [6.07, 6.45) is 1.49. The first kappa shape index (κ1) is 14.0.